The molecule has 1 aliphatic rings. The number of phenols is 2. The number of hydrogen-bond donors (Lipinski definition) is 2. The molecule has 5 aromatic rings. The Morgan fingerprint density at radius 3 is 1.98 bits per heavy atom. The molecule has 0 aromatic heterocycles. The Hall–Kier alpha value is -4.64. The van der Waals surface area contributed by atoms with Crippen LogP contribution < -0.4 is 4.74 Å². The van der Waals surface area contributed by atoms with E-state index in [0.29, 0.717) is 16.9 Å². The third kappa shape index (κ3) is 4.91. The van der Waals surface area contributed by atoms with Gasteiger partial charge in [0.05, 0.1) is 19.2 Å². The standard InChI is InChI=1S/C35H32N2O3/c1-40-32-19-18-23-10-2-5-13-27(23)33(32)34-28-14-6-3-11-24(28)20-26(35(34)39)22-37-30-16-8-7-15-29(30)36-21-25-12-4-9-17-31(25)38/h2-6,9-14,17-22,29-30,38-39H,7-8,15-16H2,1H3/t29-,30-/m1/s1. The summed E-state index contributed by atoms with van der Waals surface area (Å²) < 4.78 is 5.81. The van der Waals surface area contributed by atoms with Crippen LogP contribution in [0.15, 0.2) is 101 Å². The molecule has 2 N–H and O–H groups in total. The molecule has 5 heteroatoms. The zero-order valence-corrected chi connectivity index (χ0v) is 22.5. The molecule has 5 aromatic carbocycles. The van der Waals surface area contributed by atoms with Crippen LogP contribution in [-0.2, 0) is 0 Å². The van der Waals surface area contributed by atoms with Crippen molar-refractivity contribution in [3.8, 4) is 28.4 Å². The number of aliphatic imine (C=N–C) groups is 2. The average Bonchev–Trinajstić information content (AvgIpc) is 3.00. The minimum absolute atomic E-state index is 0.00253. The second-order valence-corrected chi connectivity index (χ2v) is 10.3. The highest BCUT2D eigenvalue weighted by atomic mass is 16.5. The fourth-order valence-electron chi connectivity index (χ4n) is 5.78. The molecule has 0 radical (unpaired) electrons. The van der Waals surface area contributed by atoms with Crippen LogP contribution in [0.5, 0.6) is 17.2 Å². The van der Waals surface area contributed by atoms with Crippen LogP contribution in [0.3, 0.4) is 0 Å². The van der Waals surface area contributed by atoms with Gasteiger partial charge < -0.3 is 14.9 Å². The fourth-order valence-corrected chi connectivity index (χ4v) is 5.78. The van der Waals surface area contributed by atoms with Gasteiger partial charge in [-0.2, -0.15) is 0 Å². The third-order valence-electron chi connectivity index (χ3n) is 7.85. The van der Waals surface area contributed by atoms with Gasteiger partial charge in [0, 0.05) is 34.7 Å². The van der Waals surface area contributed by atoms with E-state index in [2.05, 4.69) is 18.2 Å². The first-order valence-electron chi connectivity index (χ1n) is 13.8. The quantitative estimate of drug-likeness (QED) is 0.220. The Morgan fingerprint density at radius 1 is 0.675 bits per heavy atom. The average molecular weight is 529 g/mol. The van der Waals surface area contributed by atoms with E-state index in [-0.39, 0.29) is 23.6 Å². The number of para-hydroxylation sites is 1. The summed E-state index contributed by atoms with van der Waals surface area (Å²) in [6.07, 6.45) is 7.62. The van der Waals surface area contributed by atoms with Crippen molar-refractivity contribution in [1.82, 2.24) is 0 Å². The summed E-state index contributed by atoms with van der Waals surface area (Å²) in [5.74, 6) is 1.11. The summed E-state index contributed by atoms with van der Waals surface area (Å²) in [6.45, 7) is 0. The van der Waals surface area contributed by atoms with Gasteiger partial charge in [0.2, 0.25) is 0 Å². The number of hydrogen-bond acceptors (Lipinski definition) is 5. The van der Waals surface area contributed by atoms with Gasteiger partial charge in [-0.15, -0.1) is 0 Å². The molecule has 0 spiro atoms. The van der Waals surface area contributed by atoms with Crippen molar-refractivity contribution in [1.29, 1.82) is 0 Å². The summed E-state index contributed by atoms with van der Waals surface area (Å²) in [6, 6.07) is 29.5. The molecule has 200 valence electrons. The Balaban J connectivity index is 1.44. The Labute approximate surface area is 234 Å². The lowest BCUT2D eigenvalue weighted by Crippen LogP contribution is -2.27. The van der Waals surface area contributed by atoms with Crippen LogP contribution in [0.4, 0.5) is 0 Å². The van der Waals surface area contributed by atoms with Gasteiger partial charge in [-0.05, 0) is 58.7 Å². The van der Waals surface area contributed by atoms with Gasteiger partial charge in [-0.25, -0.2) is 0 Å². The van der Waals surface area contributed by atoms with Crippen molar-refractivity contribution >= 4 is 34.0 Å². The minimum atomic E-state index is -0.00253. The Morgan fingerprint density at radius 2 is 1.27 bits per heavy atom. The zero-order chi connectivity index (χ0) is 27.5. The maximum atomic E-state index is 11.8. The molecule has 2 atom stereocenters. The van der Waals surface area contributed by atoms with Crippen LogP contribution in [-0.4, -0.2) is 41.8 Å². The molecule has 1 fully saturated rings. The monoisotopic (exact) mass is 528 g/mol. The molecule has 0 bridgehead atoms. The first-order valence-corrected chi connectivity index (χ1v) is 13.8. The van der Waals surface area contributed by atoms with Crippen LogP contribution >= 0.6 is 0 Å². The van der Waals surface area contributed by atoms with E-state index in [1.165, 1.54) is 0 Å². The highest BCUT2D eigenvalue weighted by molar-refractivity contribution is 6.12. The van der Waals surface area contributed by atoms with E-state index in [1.54, 1.807) is 31.7 Å². The summed E-state index contributed by atoms with van der Waals surface area (Å²) in [5.41, 5.74) is 2.98. The van der Waals surface area contributed by atoms with Crippen LogP contribution in [0.2, 0.25) is 0 Å². The largest absolute Gasteiger partial charge is 0.507 e. The number of benzene rings is 5. The molecule has 1 aliphatic carbocycles. The van der Waals surface area contributed by atoms with Gasteiger partial charge in [0.1, 0.15) is 17.2 Å². The van der Waals surface area contributed by atoms with Crippen molar-refractivity contribution in [2.75, 3.05) is 7.11 Å². The van der Waals surface area contributed by atoms with Gasteiger partial charge in [0.15, 0.2) is 0 Å². The highest BCUT2D eigenvalue weighted by Gasteiger charge is 2.24. The zero-order valence-electron chi connectivity index (χ0n) is 22.5. The first kappa shape index (κ1) is 25.6. The predicted octanol–water partition coefficient (Wildman–Crippen LogP) is 7.93. The number of nitrogens with zero attached hydrogens (tertiary/aromatic N) is 2. The lowest BCUT2D eigenvalue weighted by Gasteiger charge is -2.25. The van der Waals surface area contributed by atoms with Crippen molar-refractivity contribution in [3.05, 3.63) is 102 Å². The summed E-state index contributed by atoms with van der Waals surface area (Å²) in [4.78, 5) is 9.81. The summed E-state index contributed by atoms with van der Waals surface area (Å²) >= 11 is 0. The molecule has 0 aliphatic heterocycles. The van der Waals surface area contributed by atoms with E-state index in [9.17, 15) is 10.2 Å². The van der Waals surface area contributed by atoms with Crippen molar-refractivity contribution < 1.29 is 14.9 Å². The lowest BCUT2D eigenvalue weighted by molar-refractivity contribution is 0.390. The van der Waals surface area contributed by atoms with Gasteiger partial charge in [-0.1, -0.05) is 79.6 Å². The van der Waals surface area contributed by atoms with Crippen molar-refractivity contribution in [3.63, 3.8) is 0 Å². The van der Waals surface area contributed by atoms with Gasteiger partial charge in [-0.3, -0.25) is 9.98 Å². The number of ether oxygens (including phenoxy) is 1. The maximum Gasteiger partial charge on any atom is 0.132 e. The highest BCUT2D eigenvalue weighted by Crippen LogP contribution is 2.46. The Bertz CT molecular complexity index is 1740. The number of aromatic hydroxyl groups is 2. The molecule has 5 nitrogen and oxygen atoms in total. The molecule has 0 saturated heterocycles. The SMILES string of the molecule is COc1ccc2ccccc2c1-c1c(O)c(C=N[C@@H]2CCCC[C@H]2N=Cc2ccccc2O)cc2ccccc12. The van der Waals surface area contributed by atoms with E-state index in [0.717, 1.165) is 58.4 Å². The van der Waals surface area contributed by atoms with E-state index in [1.807, 2.05) is 60.7 Å². The topological polar surface area (TPSA) is 74.4 Å². The van der Waals surface area contributed by atoms with E-state index < -0.39 is 0 Å². The number of fused-ring (bicyclic) bond motifs is 2. The lowest BCUT2D eigenvalue weighted by atomic mass is 9.90. The Kier molecular flexibility index (Phi) is 7.19. The number of phenolic OH excluding ortho intramolecular Hbond substituents is 2. The molecular formula is C35H32N2O3. The van der Waals surface area contributed by atoms with Gasteiger partial charge in [0.25, 0.3) is 0 Å². The van der Waals surface area contributed by atoms with Crippen LogP contribution in [0.1, 0.15) is 36.8 Å². The maximum absolute atomic E-state index is 11.8. The number of rotatable bonds is 6. The second-order valence-electron chi connectivity index (χ2n) is 10.3. The molecule has 6 rings (SSSR count). The first-order chi connectivity index (χ1) is 19.6. The van der Waals surface area contributed by atoms with Crippen molar-refractivity contribution in [2.45, 2.75) is 37.8 Å². The molecule has 0 amide bonds. The smallest absolute Gasteiger partial charge is 0.132 e. The van der Waals surface area contributed by atoms with Crippen LogP contribution in [0, 0.1) is 0 Å². The second kappa shape index (κ2) is 11.2. The van der Waals surface area contributed by atoms with Crippen molar-refractivity contribution in [2.24, 2.45) is 9.98 Å². The molecule has 1 saturated carbocycles. The summed E-state index contributed by atoms with van der Waals surface area (Å²) in [7, 11) is 1.66. The molecular weight excluding hydrogens is 496 g/mol. The molecule has 0 unspecified atom stereocenters. The van der Waals surface area contributed by atoms with E-state index in [4.69, 9.17) is 14.7 Å². The molecule has 40 heavy (non-hydrogen) atoms. The normalized spacial score (nSPS) is 17.7. The molecule has 0 heterocycles. The fraction of sp³-hybridized carbons (Fsp3) is 0.200. The van der Waals surface area contributed by atoms with Crippen LogP contribution in [0.25, 0.3) is 32.7 Å². The number of methoxy groups -OCH3 is 1. The predicted molar refractivity (Wildman–Crippen MR) is 164 cm³/mol. The summed E-state index contributed by atoms with van der Waals surface area (Å²) in [5, 5.41) is 26.0. The third-order valence-corrected chi connectivity index (χ3v) is 7.85. The van der Waals surface area contributed by atoms with Gasteiger partial charge >= 0.3 is 0 Å². The van der Waals surface area contributed by atoms with E-state index >= 15 is 0 Å². The minimum Gasteiger partial charge on any atom is -0.507 e.